The fourth-order valence-corrected chi connectivity index (χ4v) is 1.87. The Bertz CT molecular complexity index is 447. The molecule has 0 aliphatic heterocycles. The van der Waals surface area contributed by atoms with Gasteiger partial charge in [-0.1, -0.05) is 6.92 Å². The Kier molecular flexibility index (Phi) is 7.61. The smallest absolute Gasteiger partial charge is 0.251 e. The maximum absolute atomic E-state index is 12.1. The summed E-state index contributed by atoms with van der Waals surface area (Å²) >= 11 is 0. The summed E-state index contributed by atoms with van der Waals surface area (Å²) in [6.45, 7) is 4.34. The third kappa shape index (κ3) is 6.49. The first kappa shape index (κ1) is 17.3. The number of rotatable bonds is 9. The van der Waals surface area contributed by atoms with E-state index in [1.165, 1.54) is 0 Å². The zero-order valence-electron chi connectivity index (χ0n) is 13.3. The van der Waals surface area contributed by atoms with Gasteiger partial charge in [0.25, 0.3) is 5.91 Å². The minimum atomic E-state index is -0.0822. The van der Waals surface area contributed by atoms with Gasteiger partial charge in [-0.05, 0) is 58.1 Å². The molecule has 1 aromatic carbocycles. The van der Waals surface area contributed by atoms with Crippen LogP contribution in [0.1, 0.15) is 36.5 Å². The molecule has 118 valence electrons. The Balaban J connectivity index is 2.46. The lowest BCUT2D eigenvalue weighted by Crippen LogP contribution is -2.25. The van der Waals surface area contributed by atoms with E-state index in [1.54, 1.807) is 18.2 Å². The van der Waals surface area contributed by atoms with E-state index in [4.69, 9.17) is 10.5 Å². The van der Waals surface area contributed by atoms with Crippen LogP contribution in [0.15, 0.2) is 18.2 Å². The zero-order valence-corrected chi connectivity index (χ0v) is 13.3. The average Bonchev–Trinajstić information content (AvgIpc) is 2.45. The fourth-order valence-electron chi connectivity index (χ4n) is 1.87. The number of amides is 1. The molecule has 21 heavy (non-hydrogen) atoms. The number of hydrogen-bond acceptors (Lipinski definition) is 4. The van der Waals surface area contributed by atoms with Gasteiger partial charge in [0, 0.05) is 12.1 Å². The number of carbonyl (C=O) groups is 1. The first-order valence-electron chi connectivity index (χ1n) is 7.49. The molecule has 5 heteroatoms. The van der Waals surface area contributed by atoms with Crippen LogP contribution in [0.3, 0.4) is 0 Å². The lowest BCUT2D eigenvalue weighted by atomic mass is 10.1. The highest BCUT2D eigenvalue weighted by Crippen LogP contribution is 2.22. The van der Waals surface area contributed by atoms with Gasteiger partial charge in [-0.25, -0.2) is 0 Å². The normalized spacial score (nSPS) is 10.7. The van der Waals surface area contributed by atoms with E-state index in [0.717, 1.165) is 25.8 Å². The van der Waals surface area contributed by atoms with Gasteiger partial charge < -0.3 is 20.7 Å². The molecule has 0 bridgehead atoms. The first-order chi connectivity index (χ1) is 10.0. The van der Waals surface area contributed by atoms with Crippen LogP contribution in [0, 0.1) is 0 Å². The van der Waals surface area contributed by atoms with E-state index in [9.17, 15) is 4.79 Å². The number of nitrogens with one attached hydrogen (secondary N) is 1. The molecule has 1 amide bonds. The SMILES string of the molecule is CCCOc1cc(C(=O)NCCCCN(C)C)ccc1N. The number of nitrogens with zero attached hydrogens (tertiary/aromatic N) is 1. The molecule has 0 saturated carbocycles. The van der Waals surface area contributed by atoms with Crippen LogP contribution in [-0.2, 0) is 0 Å². The van der Waals surface area contributed by atoms with Gasteiger partial charge in [0.15, 0.2) is 0 Å². The van der Waals surface area contributed by atoms with Gasteiger partial charge in [-0.15, -0.1) is 0 Å². The number of nitrogen functional groups attached to an aromatic ring is 1. The Morgan fingerprint density at radius 1 is 1.33 bits per heavy atom. The molecule has 0 aliphatic rings. The van der Waals surface area contributed by atoms with E-state index < -0.39 is 0 Å². The van der Waals surface area contributed by atoms with Crippen LogP contribution in [0.5, 0.6) is 5.75 Å². The van der Waals surface area contributed by atoms with Crippen LogP contribution in [-0.4, -0.2) is 44.6 Å². The molecule has 1 rings (SSSR count). The van der Waals surface area contributed by atoms with E-state index in [-0.39, 0.29) is 5.91 Å². The molecule has 0 heterocycles. The maximum Gasteiger partial charge on any atom is 0.251 e. The number of anilines is 1. The van der Waals surface area contributed by atoms with E-state index in [2.05, 4.69) is 10.2 Å². The number of hydrogen-bond donors (Lipinski definition) is 2. The summed E-state index contributed by atoms with van der Waals surface area (Å²) in [5, 5.41) is 2.92. The quantitative estimate of drug-likeness (QED) is 0.540. The molecule has 0 spiro atoms. The van der Waals surface area contributed by atoms with Crippen molar-refractivity contribution in [3.8, 4) is 5.75 Å². The number of carbonyl (C=O) groups excluding carboxylic acids is 1. The standard InChI is InChI=1S/C16H27N3O2/c1-4-11-21-15-12-13(7-8-14(15)17)16(20)18-9-5-6-10-19(2)3/h7-8,12H,4-6,9-11,17H2,1-3H3,(H,18,20). The summed E-state index contributed by atoms with van der Waals surface area (Å²) in [6, 6.07) is 5.15. The monoisotopic (exact) mass is 293 g/mol. The molecular weight excluding hydrogens is 266 g/mol. The lowest BCUT2D eigenvalue weighted by molar-refractivity contribution is 0.0952. The van der Waals surface area contributed by atoms with Crippen LogP contribution in [0.2, 0.25) is 0 Å². The van der Waals surface area contributed by atoms with E-state index in [1.807, 2.05) is 21.0 Å². The van der Waals surface area contributed by atoms with Crippen molar-refractivity contribution in [2.45, 2.75) is 26.2 Å². The van der Waals surface area contributed by atoms with Crippen LogP contribution < -0.4 is 15.8 Å². The zero-order chi connectivity index (χ0) is 15.7. The van der Waals surface area contributed by atoms with E-state index >= 15 is 0 Å². The van der Waals surface area contributed by atoms with Gasteiger partial charge in [0.1, 0.15) is 5.75 Å². The van der Waals surface area contributed by atoms with Crippen molar-refractivity contribution in [3.05, 3.63) is 23.8 Å². The summed E-state index contributed by atoms with van der Waals surface area (Å²) in [7, 11) is 4.09. The number of benzene rings is 1. The predicted octanol–water partition coefficient (Wildman–Crippen LogP) is 2.13. The summed E-state index contributed by atoms with van der Waals surface area (Å²) in [5.41, 5.74) is 6.98. The van der Waals surface area contributed by atoms with Gasteiger partial charge in [0.05, 0.1) is 12.3 Å². The molecule has 0 fully saturated rings. The molecule has 0 aliphatic carbocycles. The van der Waals surface area contributed by atoms with Crippen molar-refractivity contribution in [1.29, 1.82) is 0 Å². The highest BCUT2D eigenvalue weighted by Gasteiger charge is 2.08. The fraction of sp³-hybridized carbons (Fsp3) is 0.562. The minimum absolute atomic E-state index is 0.0822. The lowest BCUT2D eigenvalue weighted by Gasteiger charge is -2.11. The van der Waals surface area contributed by atoms with E-state index in [0.29, 0.717) is 30.2 Å². The van der Waals surface area contributed by atoms with Crippen molar-refractivity contribution in [2.24, 2.45) is 0 Å². The topological polar surface area (TPSA) is 67.6 Å². The maximum atomic E-state index is 12.1. The highest BCUT2D eigenvalue weighted by atomic mass is 16.5. The summed E-state index contributed by atoms with van der Waals surface area (Å²) in [6.07, 6.45) is 2.94. The molecule has 0 radical (unpaired) electrons. The van der Waals surface area contributed by atoms with Crippen LogP contribution in [0.4, 0.5) is 5.69 Å². The van der Waals surface area contributed by atoms with Crippen molar-refractivity contribution < 1.29 is 9.53 Å². The van der Waals surface area contributed by atoms with Crippen molar-refractivity contribution in [3.63, 3.8) is 0 Å². The average molecular weight is 293 g/mol. The summed E-state index contributed by atoms with van der Waals surface area (Å²) in [5.74, 6) is 0.498. The molecule has 0 aromatic heterocycles. The Labute approximate surface area is 127 Å². The van der Waals surface area contributed by atoms with Gasteiger partial charge in [0.2, 0.25) is 0 Å². The van der Waals surface area contributed by atoms with Crippen LogP contribution in [0.25, 0.3) is 0 Å². The number of nitrogens with two attached hydrogens (primary N) is 1. The third-order valence-corrected chi connectivity index (χ3v) is 3.06. The van der Waals surface area contributed by atoms with Crippen molar-refractivity contribution >= 4 is 11.6 Å². The number of ether oxygens (including phenoxy) is 1. The number of unbranched alkanes of at least 4 members (excludes halogenated alkanes) is 1. The largest absolute Gasteiger partial charge is 0.491 e. The van der Waals surface area contributed by atoms with Gasteiger partial charge in [-0.3, -0.25) is 4.79 Å². The molecular formula is C16H27N3O2. The molecule has 5 nitrogen and oxygen atoms in total. The minimum Gasteiger partial charge on any atom is -0.491 e. The Morgan fingerprint density at radius 3 is 2.76 bits per heavy atom. The molecule has 0 atom stereocenters. The summed E-state index contributed by atoms with van der Waals surface area (Å²) < 4.78 is 5.54. The van der Waals surface area contributed by atoms with Crippen molar-refractivity contribution in [2.75, 3.05) is 39.5 Å². The molecule has 0 unspecified atom stereocenters. The Morgan fingerprint density at radius 2 is 2.10 bits per heavy atom. The second-order valence-corrected chi connectivity index (χ2v) is 5.37. The second-order valence-electron chi connectivity index (χ2n) is 5.37. The van der Waals surface area contributed by atoms with Crippen LogP contribution >= 0.6 is 0 Å². The third-order valence-electron chi connectivity index (χ3n) is 3.06. The Hall–Kier alpha value is -1.75. The summed E-state index contributed by atoms with van der Waals surface area (Å²) in [4.78, 5) is 14.2. The van der Waals surface area contributed by atoms with Crippen molar-refractivity contribution in [1.82, 2.24) is 10.2 Å². The van der Waals surface area contributed by atoms with Gasteiger partial charge >= 0.3 is 0 Å². The highest BCUT2D eigenvalue weighted by molar-refractivity contribution is 5.95. The molecule has 3 N–H and O–H groups in total. The predicted molar refractivity (Wildman–Crippen MR) is 86.8 cm³/mol. The van der Waals surface area contributed by atoms with Gasteiger partial charge in [-0.2, -0.15) is 0 Å². The second kappa shape index (κ2) is 9.23. The molecule has 1 aromatic rings. The first-order valence-corrected chi connectivity index (χ1v) is 7.49. The molecule has 0 saturated heterocycles.